The predicted molar refractivity (Wildman–Crippen MR) is 72.6 cm³/mol. The predicted octanol–water partition coefficient (Wildman–Crippen LogP) is 4.38. The Kier molecular flexibility index (Phi) is 2.50. The van der Waals surface area contributed by atoms with Crippen LogP contribution >= 0.6 is 11.3 Å². The van der Waals surface area contributed by atoms with Crippen LogP contribution in [0.3, 0.4) is 0 Å². The zero-order valence-electron chi connectivity index (χ0n) is 9.09. The Morgan fingerprint density at radius 3 is 2.47 bits per heavy atom. The highest BCUT2D eigenvalue weighted by atomic mass is 32.1. The summed E-state index contributed by atoms with van der Waals surface area (Å²) in [7, 11) is 0. The minimum absolute atomic E-state index is 0.783. The van der Waals surface area contributed by atoms with Crippen LogP contribution in [0.4, 0.5) is 0 Å². The molecule has 0 N–H and O–H groups in total. The van der Waals surface area contributed by atoms with Gasteiger partial charge >= 0.3 is 0 Å². The molecule has 0 fully saturated rings. The lowest BCUT2D eigenvalue weighted by Crippen LogP contribution is -1.75. The lowest BCUT2D eigenvalue weighted by atomic mass is 10.0. The molecule has 3 aromatic rings. The quantitative estimate of drug-likeness (QED) is 0.605. The fourth-order valence-electron chi connectivity index (χ4n) is 1.93. The first-order valence-corrected chi connectivity index (χ1v) is 6.23. The highest BCUT2D eigenvalue weighted by molar-refractivity contribution is 7.20. The van der Waals surface area contributed by atoms with Crippen molar-refractivity contribution in [1.82, 2.24) is 0 Å². The summed E-state index contributed by atoms with van der Waals surface area (Å²) in [6.45, 7) is 0. The normalized spacial score (nSPS) is 10.6. The molecule has 0 bridgehead atoms. The number of hydrogen-bond donors (Lipinski definition) is 0. The van der Waals surface area contributed by atoms with Crippen LogP contribution in [-0.4, -0.2) is 6.29 Å². The molecule has 3 rings (SSSR count). The first kappa shape index (κ1) is 10.2. The lowest BCUT2D eigenvalue weighted by Gasteiger charge is -2.00. The van der Waals surface area contributed by atoms with E-state index >= 15 is 0 Å². The van der Waals surface area contributed by atoms with E-state index in [9.17, 15) is 4.79 Å². The monoisotopic (exact) mass is 238 g/mol. The molecule has 2 heteroatoms. The number of thiophene rings is 1. The maximum atomic E-state index is 10.7. The number of rotatable bonds is 2. The number of carbonyl (C=O) groups excluding carboxylic acids is 1. The molecule has 0 aliphatic rings. The fourth-order valence-corrected chi connectivity index (χ4v) is 2.79. The molecule has 17 heavy (non-hydrogen) atoms. The van der Waals surface area contributed by atoms with Crippen molar-refractivity contribution in [1.29, 1.82) is 0 Å². The Labute approximate surface area is 103 Å². The van der Waals surface area contributed by atoms with Gasteiger partial charge in [0.2, 0.25) is 0 Å². The lowest BCUT2D eigenvalue weighted by molar-refractivity contribution is 0.112. The van der Waals surface area contributed by atoms with E-state index in [4.69, 9.17) is 0 Å². The number of carbonyl (C=O) groups is 1. The zero-order chi connectivity index (χ0) is 11.7. The number of aldehydes is 1. The second kappa shape index (κ2) is 4.15. The fraction of sp³-hybridized carbons (Fsp3) is 0. The van der Waals surface area contributed by atoms with Crippen molar-refractivity contribution in [2.75, 3.05) is 0 Å². The van der Waals surface area contributed by atoms with Crippen LogP contribution in [0.2, 0.25) is 0 Å². The van der Waals surface area contributed by atoms with Gasteiger partial charge in [0.25, 0.3) is 0 Å². The van der Waals surface area contributed by atoms with Gasteiger partial charge in [-0.1, -0.05) is 36.4 Å². The summed E-state index contributed by atoms with van der Waals surface area (Å²) in [5.74, 6) is 0. The molecular formula is C15H10OS. The van der Waals surface area contributed by atoms with Crippen molar-refractivity contribution in [2.24, 2.45) is 0 Å². The second-order valence-electron chi connectivity index (χ2n) is 3.89. The first-order chi connectivity index (χ1) is 8.36. The van der Waals surface area contributed by atoms with Crippen LogP contribution in [0.1, 0.15) is 9.67 Å². The van der Waals surface area contributed by atoms with E-state index in [0.29, 0.717) is 0 Å². The van der Waals surface area contributed by atoms with Gasteiger partial charge in [-0.3, -0.25) is 4.79 Å². The summed E-state index contributed by atoms with van der Waals surface area (Å²) in [5, 5.41) is 1.14. The van der Waals surface area contributed by atoms with Crippen molar-refractivity contribution in [3.05, 3.63) is 59.5 Å². The van der Waals surface area contributed by atoms with E-state index in [-0.39, 0.29) is 0 Å². The van der Waals surface area contributed by atoms with Crippen LogP contribution in [0, 0.1) is 0 Å². The molecule has 82 valence electrons. The molecule has 1 nitrogen and oxygen atoms in total. The third-order valence-corrected chi connectivity index (χ3v) is 3.80. The average Bonchev–Trinajstić information content (AvgIpc) is 2.81. The molecule has 0 aliphatic heterocycles. The largest absolute Gasteiger partial charge is 0.297 e. The van der Waals surface area contributed by atoms with Crippen LogP contribution in [0.5, 0.6) is 0 Å². The standard InChI is InChI=1S/C15H10OS/c16-10-14-9-13-8-12(6-7-15(13)17-14)11-4-2-1-3-5-11/h1-10H. The Bertz CT molecular complexity index is 668. The summed E-state index contributed by atoms with van der Waals surface area (Å²) >= 11 is 1.53. The molecule has 0 radical (unpaired) electrons. The highest BCUT2D eigenvalue weighted by Crippen LogP contribution is 2.29. The van der Waals surface area contributed by atoms with E-state index in [1.807, 2.05) is 24.3 Å². The van der Waals surface area contributed by atoms with Gasteiger partial charge in [-0.25, -0.2) is 0 Å². The molecule has 0 aliphatic carbocycles. The molecule has 0 saturated heterocycles. The topological polar surface area (TPSA) is 17.1 Å². The van der Waals surface area contributed by atoms with Gasteiger partial charge < -0.3 is 0 Å². The molecule has 0 atom stereocenters. The molecule has 2 aromatic carbocycles. The van der Waals surface area contributed by atoms with Crippen molar-refractivity contribution in [3.8, 4) is 11.1 Å². The van der Waals surface area contributed by atoms with Crippen LogP contribution < -0.4 is 0 Å². The number of hydrogen-bond acceptors (Lipinski definition) is 2. The van der Waals surface area contributed by atoms with Crippen molar-refractivity contribution >= 4 is 27.7 Å². The minimum Gasteiger partial charge on any atom is -0.297 e. The summed E-state index contributed by atoms with van der Waals surface area (Å²) in [4.78, 5) is 11.5. The summed E-state index contributed by atoms with van der Waals surface area (Å²) < 4.78 is 1.16. The molecule has 0 unspecified atom stereocenters. The van der Waals surface area contributed by atoms with Gasteiger partial charge in [0.05, 0.1) is 4.88 Å². The smallest absolute Gasteiger partial charge is 0.160 e. The van der Waals surface area contributed by atoms with Gasteiger partial charge in [0, 0.05) is 4.70 Å². The third-order valence-electron chi connectivity index (χ3n) is 2.76. The van der Waals surface area contributed by atoms with Gasteiger partial charge in [0.1, 0.15) is 0 Å². The Morgan fingerprint density at radius 1 is 0.882 bits per heavy atom. The van der Waals surface area contributed by atoms with Gasteiger partial charge in [-0.2, -0.15) is 0 Å². The molecule has 0 saturated carbocycles. The van der Waals surface area contributed by atoms with E-state index < -0.39 is 0 Å². The van der Waals surface area contributed by atoms with Gasteiger partial charge in [0.15, 0.2) is 6.29 Å². The summed E-state index contributed by atoms with van der Waals surface area (Å²) in [6.07, 6.45) is 0.910. The van der Waals surface area contributed by atoms with Gasteiger partial charge in [-0.05, 0) is 34.7 Å². The SMILES string of the molecule is O=Cc1cc2cc(-c3ccccc3)ccc2s1. The Hall–Kier alpha value is -1.93. The summed E-state index contributed by atoms with van der Waals surface area (Å²) in [6, 6.07) is 18.5. The highest BCUT2D eigenvalue weighted by Gasteiger charge is 2.03. The van der Waals surface area contributed by atoms with Crippen LogP contribution in [-0.2, 0) is 0 Å². The third kappa shape index (κ3) is 1.87. The minimum atomic E-state index is 0.783. The van der Waals surface area contributed by atoms with Crippen molar-refractivity contribution in [3.63, 3.8) is 0 Å². The Balaban J connectivity index is 2.16. The van der Waals surface area contributed by atoms with E-state index in [1.165, 1.54) is 22.5 Å². The number of benzene rings is 2. The zero-order valence-corrected chi connectivity index (χ0v) is 9.91. The molecule has 0 amide bonds. The van der Waals surface area contributed by atoms with E-state index in [1.54, 1.807) is 0 Å². The van der Waals surface area contributed by atoms with Crippen LogP contribution in [0.25, 0.3) is 21.2 Å². The molecule has 1 heterocycles. The maximum absolute atomic E-state index is 10.7. The van der Waals surface area contributed by atoms with E-state index in [2.05, 4.69) is 30.3 Å². The first-order valence-electron chi connectivity index (χ1n) is 5.41. The van der Waals surface area contributed by atoms with Crippen molar-refractivity contribution in [2.45, 2.75) is 0 Å². The van der Waals surface area contributed by atoms with Crippen molar-refractivity contribution < 1.29 is 4.79 Å². The van der Waals surface area contributed by atoms with E-state index in [0.717, 1.165) is 21.2 Å². The second-order valence-corrected chi connectivity index (χ2v) is 5.00. The molecule has 0 spiro atoms. The maximum Gasteiger partial charge on any atom is 0.160 e. The van der Waals surface area contributed by atoms with Gasteiger partial charge in [-0.15, -0.1) is 11.3 Å². The Morgan fingerprint density at radius 2 is 1.71 bits per heavy atom. The molecular weight excluding hydrogens is 228 g/mol. The molecule has 1 aromatic heterocycles. The van der Waals surface area contributed by atoms with Crippen LogP contribution in [0.15, 0.2) is 54.6 Å². The summed E-state index contributed by atoms with van der Waals surface area (Å²) in [5.41, 5.74) is 2.39. The number of fused-ring (bicyclic) bond motifs is 1. The average molecular weight is 238 g/mol.